The number of methoxy groups -OCH3 is 1. The number of nitrogens with zero attached hydrogens (tertiary/aromatic N) is 2. The van der Waals surface area contributed by atoms with E-state index < -0.39 is 10.0 Å². The van der Waals surface area contributed by atoms with E-state index >= 15 is 0 Å². The highest BCUT2D eigenvalue weighted by molar-refractivity contribution is 7.88. The molecule has 0 aliphatic carbocycles. The molecule has 9 heteroatoms. The molecule has 2 saturated heterocycles. The van der Waals surface area contributed by atoms with Crippen LogP contribution in [0.15, 0.2) is 24.3 Å². The molecule has 0 radical (unpaired) electrons. The molecule has 2 fully saturated rings. The molecule has 2 aliphatic rings. The molecule has 2 N–H and O–H groups in total. The van der Waals surface area contributed by atoms with E-state index in [1.165, 1.54) is 16.2 Å². The van der Waals surface area contributed by atoms with Gasteiger partial charge in [0, 0.05) is 44.5 Å². The van der Waals surface area contributed by atoms with Gasteiger partial charge >= 0.3 is 6.03 Å². The van der Waals surface area contributed by atoms with Crippen molar-refractivity contribution in [1.29, 1.82) is 0 Å². The quantitative estimate of drug-likeness (QED) is 0.724. The highest BCUT2D eigenvalue weighted by Crippen LogP contribution is 2.23. The summed E-state index contributed by atoms with van der Waals surface area (Å²) < 4.78 is 29.8. The van der Waals surface area contributed by atoms with Crippen LogP contribution < -0.4 is 20.3 Å². The Balaban J connectivity index is 1.34. The van der Waals surface area contributed by atoms with Gasteiger partial charge in [0.2, 0.25) is 10.0 Å². The molecule has 0 atom stereocenters. The van der Waals surface area contributed by atoms with Gasteiger partial charge in [-0.2, -0.15) is 0 Å². The Labute approximate surface area is 173 Å². The normalized spacial score (nSPS) is 19.7. The Kier molecular flexibility index (Phi) is 7.23. The van der Waals surface area contributed by atoms with E-state index in [9.17, 15) is 13.2 Å². The molecule has 0 spiro atoms. The molecule has 8 nitrogen and oxygen atoms in total. The number of carbonyl (C=O) groups excluding carboxylic acids is 1. The van der Waals surface area contributed by atoms with Gasteiger partial charge in [-0.3, -0.25) is 0 Å². The maximum atomic E-state index is 12.2. The number of ether oxygens (including phenoxy) is 1. The summed E-state index contributed by atoms with van der Waals surface area (Å²) in [6.07, 6.45) is 4.64. The third-order valence-corrected chi connectivity index (χ3v) is 7.16. The topological polar surface area (TPSA) is 91.0 Å². The van der Waals surface area contributed by atoms with E-state index in [0.29, 0.717) is 25.6 Å². The second kappa shape index (κ2) is 9.67. The van der Waals surface area contributed by atoms with Gasteiger partial charge in [0.1, 0.15) is 5.75 Å². The van der Waals surface area contributed by atoms with Gasteiger partial charge in [0.15, 0.2) is 0 Å². The average Bonchev–Trinajstić information content (AvgIpc) is 2.72. The smallest absolute Gasteiger partial charge is 0.315 e. The van der Waals surface area contributed by atoms with Crippen LogP contribution in [0.3, 0.4) is 0 Å². The molecule has 3 rings (SSSR count). The fourth-order valence-corrected chi connectivity index (χ4v) is 4.87. The molecule has 162 valence electrons. The summed E-state index contributed by atoms with van der Waals surface area (Å²) in [5, 5.41) is 6.04. The zero-order valence-corrected chi connectivity index (χ0v) is 18.1. The van der Waals surface area contributed by atoms with Gasteiger partial charge in [-0.1, -0.05) is 0 Å². The summed E-state index contributed by atoms with van der Waals surface area (Å²) in [5.74, 6) is 1.18. The van der Waals surface area contributed by atoms with E-state index in [1.54, 1.807) is 7.11 Å². The predicted octanol–water partition coefficient (Wildman–Crippen LogP) is 1.63. The van der Waals surface area contributed by atoms with E-state index in [4.69, 9.17) is 4.74 Å². The number of carbonyl (C=O) groups is 1. The van der Waals surface area contributed by atoms with Crippen LogP contribution in [0.25, 0.3) is 0 Å². The van der Waals surface area contributed by atoms with Crippen LogP contribution in [0, 0.1) is 5.92 Å². The van der Waals surface area contributed by atoms with Crippen LogP contribution in [-0.4, -0.2) is 70.9 Å². The molecule has 0 aromatic heterocycles. The Morgan fingerprint density at radius 2 is 1.69 bits per heavy atom. The van der Waals surface area contributed by atoms with Crippen LogP contribution in [0.2, 0.25) is 0 Å². The first-order chi connectivity index (χ1) is 13.8. The second-order valence-electron chi connectivity index (χ2n) is 7.92. The summed E-state index contributed by atoms with van der Waals surface area (Å²) in [7, 11) is -1.44. The molecule has 2 heterocycles. The Morgan fingerprint density at radius 1 is 1.07 bits per heavy atom. The number of piperidine rings is 2. The van der Waals surface area contributed by atoms with Crippen LogP contribution in [-0.2, 0) is 10.0 Å². The van der Waals surface area contributed by atoms with E-state index in [2.05, 4.69) is 27.7 Å². The minimum Gasteiger partial charge on any atom is -0.497 e. The standard InChI is InChI=1S/C20H32N4O4S/c1-28-19-5-3-18(4-6-19)23-11-9-17(10-12-23)22-20(25)21-15-16-7-13-24(14-8-16)29(2,26)27/h3-6,16-17H,7-15H2,1-2H3,(H2,21,22,25). The molecule has 0 bridgehead atoms. The van der Waals surface area contributed by atoms with Gasteiger partial charge in [0.05, 0.1) is 13.4 Å². The van der Waals surface area contributed by atoms with E-state index in [0.717, 1.165) is 44.5 Å². The van der Waals surface area contributed by atoms with Crippen LogP contribution >= 0.6 is 0 Å². The van der Waals surface area contributed by atoms with Crippen molar-refractivity contribution < 1.29 is 17.9 Å². The largest absolute Gasteiger partial charge is 0.497 e. The number of urea groups is 1. The van der Waals surface area contributed by atoms with Crippen molar-refractivity contribution in [1.82, 2.24) is 14.9 Å². The minimum absolute atomic E-state index is 0.126. The van der Waals surface area contributed by atoms with Crippen molar-refractivity contribution in [3.8, 4) is 5.75 Å². The molecule has 1 aromatic rings. The molecular weight excluding hydrogens is 392 g/mol. The molecule has 0 saturated carbocycles. The first-order valence-electron chi connectivity index (χ1n) is 10.2. The molecule has 2 amide bonds. The number of anilines is 1. The Morgan fingerprint density at radius 3 is 2.24 bits per heavy atom. The zero-order chi connectivity index (χ0) is 20.9. The number of benzene rings is 1. The maximum Gasteiger partial charge on any atom is 0.315 e. The third-order valence-electron chi connectivity index (χ3n) is 5.86. The minimum atomic E-state index is -3.10. The molecule has 2 aliphatic heterocycles. The van der Waals surface area contributed by atoms with Gasteiger partial charge in [-0.15, -0.1) is 0 Å². The summed E-state index contributed by atoms with van der Waals surface area (Å²) in [6, 6.07) is 8.11. The summed E-state index contributed by atoms with van der Waals surface area (Å²) in [4.78, 5) is 14.6. The summed E-state index contributed by atoms with van der Waals surface area (Å²) in [5.41, 5.74) is 1.18. The van der Waals surface area contributed by atoms with Crippen LogP contribution in [0.4, 0.5) is 10.5 Å². The average molecular weight is 425 g/mol. The maximum absolute atomic E-state index is 12.2. The zero-order valence-electron chi connectivity index (χ0n) is 17.3. The molecule has 1 aromatic carbocycles. The Bertz CT molecular complexity index is 768. The van der Waals surface area contributed by atoms with Gasteiger partial charge < -0.3 is 20.3 Å². The first-order valence-corrected chi connectivity index (χ1v) is 12.1. The van der Waals surface area contributed by atoms with Gasteiger partial charge in [0.25, 0.3) is 0 Å². The second-order valence-corrected chi connectivity index (χ2v) is 9.90. The molecule has 29 heavy (non-hydrogen) atoms. The summed E-state index contributed by atoms with van der Waals surface area (Å²) >= 11 is 0. The van der Waals surface area contributed by atoms with Crippen molar-refractivity contribution in [2.45, 2.75) is 31.7 Å². The number of nitrogens with one attached hydrogen (secondary N) is 2. The van der Waals surface area contributed by atoms with Crippen molar-refractivity contribution >= 4 is 21.7 Å². The lowest BCUT2D eigenvalue weighted by Crippen LogP contribution is -2.49. The fourth-order valence-electron chi connectivity index (χ4n) is 3.99. The lowest BCUT2D eigenvalue weighted by molar-refractivity contribution is 0.225. The Hall–Kier alpha value is -2.00. The number of hydrogen-bond acceptors (Lipinski definition) is 5. The van der Waals surface area contributed by atoms with E-state index in [1.807, 2.05) is 12.1 Å². The van der Waals surface area contributed by atoms with Gasteiger partial charge in [-0.25, -0.2) is 17.5 Å². The highest BCUT2D eigenvalue weighted by atomic mass is 32.2. The van der Waals surface area contributed by atoms with Crippen molar-refractivity contribution in [3.05, 3.63) is 24.3 Å². The van der Waals surface area contributed by atoms with Crippen LogP contribution in [0.5, 0.6) is 5.75 Å². The van der Waals surface area contributed by atoms with Crippen molar-refractivity contribution in [3.63, 3.8) is 0 Å². The molecule has 0 unspecified atom stereocenters. The summed E-state index contributed by atoms with van der Waals surface area (Å²) in [6.45, 7) is 3.48. The van der Waals surface area contributed by atoms with Gasteiger partial charge in [-0.05, 0) is 55.9 Å². The van der Waals surface area contributed by atoms with E-state index in [-0.39, 0.29) is 12.1 Å². The number of hydrogen-bond donors (Lipinski definition) is 2. The number of rotatable bonds is 6. The third kappa shape index (κ3) is 6.24. The number of sulfonamides is 1. The highest BCUT2D eigenvalue weighted by Gasteiger charge is 2.25. The first kappa shape index (κ1) is 21.7. The lowest BCUT2D eigenvalue weighted by atomic mass is 9.98. The predicted molar refractivity (Wildman–Crippen MR) is 114 cm³/mol. The van der Waals surface area contributed by atoms with Crippen molar-refractivity contribution in [2.75, 3.05) is 51.0 Å². The van der Waals surface area contributed by atoms with Crippen LogP contribution in [0.1, 0.15) is 25.7 Å². The van der Waals surface area contributed by atoms with Crippen molar-refractivity contribution in [2.24, 2.45) is 5.92 Å². The fraction of sp³-hybridized carbons (Fsp3) is 0.650. The SMILES string of the molecule is COc1ccc(N2CCC(NC(=O)NCC3CCN(S(C)(=O)=O)CC3)CC2)cc1. The lowest BCUT2D eigenvalue weighted by Gasteiger charge is -2.34. The molecular formula is C20H32N4O4S. The monoisotopic (exact) mass is 424 g/mol. The number of amides is 2.